The minimum Gasteiger partial charge on any atom is -0.504 e. The van der Waals surface area contributed by atoms with Gasteiger partial charge in [0.2, 0.25) is 5.78 Å². The first-order chi connectivity index (χ1) is 55.8. The molecule has 6 aromatic carbocycles. The molecule has 0 aliphatic heterocycles. The average Bonchev–Trinajstić information content (AvgIpc) is 1.73. The first-order valence-corrected chi connectivity index (χ1v) is 36.6. The van der Waals surface area contributed by atoms with Crippen molar-refractivity contribution in [3.63, 3.8) is 0 Å². The number of aromatic amines is 1. The van der Waals surface area contributed by atoms with E-state index in [9.17, 15) is 48.3 Å². The molecule has 23 nitrogen and oxygen atoms in total. The van der Waals surface area contributed by atoms with Gasteiger partial charge in [-0.3, -0.25) is 38.7 Å². The lowest BCUT2D eigenvalue weighted by atomic mass is 10.1. The molecule has 0 amide bonds. The fourth-order valence-electron chi connectivity index (χ4n) is 11.6. The zero-order valence-corrected chi connectivity index (χ0v) is 64.5. The molecule has 115 heavy (non-hydrogen) atoms. The Morgan fingerprint density at radius 3 is 1.23 bits per heavy atom. The number of hydrogen-bond donors (Lipinski definition) is 3. The third-order valence-corrected chi connectivity index (χ3v) is 17.3. The number of H-pyrrole nitrogens is 1. The maximum absolute atomic E-state index is 12.7. The Bertz CT molecular complexity index is 5320. The Hall–Kier alpha value is -14.6. The highest BCUT2D eigenvalue weighted by molar-refractivity contribution is 6.06. The van der Waals surface area contributed by atoms with E-state index in [0.29, 0.717) is 61.7 Å². The highest BCUT2D eigenvalue weighted by atomic mass is 16.5. The number of aromatic nitrogens is 9. The number of carbonyl (C=O) groups is 9. The van der Waals surface area contributed by atoms with Crippen molar-refractivity contribution >= 4 is 71.7 Å². The van der Waals surface area contributed by atoms with Crippen LogP contribution in [-0.2, 0) is 85.5 Å². The summed E-state index contributed by atoms with van der Waals surface area (Å²) in [6.07, 6.45) is 26.6. The number of carbonyl (C=O) groups excluding carboxylic acids is 8. The molecule has 588 valence electrons. The van der Waals surface area contributed by atoms with Gasteiger partial charge in [0.1, 0.15) is 6.33 Å². The largest absolute Gasteiger partial charge is 0.504 e. The van der Waals surface area contributed by atoms with Crippen molar-refractivity contribution in [2.24, 2.45) is 0 Å². The summed E-state index contributed by atoms with van der Waals surface area (Å²) >= 11 is 0. The molecule has 0 spiro atoms. The highest BCUT2D eigenvalue weighted by Crippen LogP contribution is 2.20. The number of Topliss-reactive ketones (excluding diaryl/α,β-unsaturated/α-hetero) is 2. The Morgan fingerprint density at radius 1 is 0.409 bits per heavy atom. The second-order valence-corrected chi connectivity index (χ2v) is 26.0. The number of hydrogen-bond acceptors (Lipinski definition) is 15. The van der Waals surface area contributed by atoms with Crippen LogP contribution in [0.15, 0.2) is 299 Å². The smallest absolute Gasteiger partial charge is 0.330 e. The zero-order chi connectivity index (χ0) is 82.1. The van der Waals surface area contributed by atoms with Gasteiger partial charge in [0.05, 0.1) is 44.1 Å². The Kier molecular flexibility index (Phi) is 34.5. The first kappa shape index (κ1) is 86.0. The number of allylic oxidation sites excluding steroid dienone is 1. The third kappa shape index (κ3) is 29.6. The van der Waals surface area contributed by atoms with Crippen LogP contribution < -0.4 is 0 Å². The number of ketones is 3. The first-order valence-electron chi connectivity index (χ1n) is 36.6. The molecule has 3 N–H and O–H groups in total. The summed E-state index contributed by atoms with van der Waals surface area (Å²) in [7, 11) is 4.07. The summed E-state index contributed by atoms with van der Waals surface area (Å²) in [5, 5.41) is 25.0. The van der Waals surface area contributed by atoms with Gasteiger partial charge in [-0.05, 0) is 123 Å². The molecule has 0 atom stereocenters. The normalized spacial score (nSPS) is 10.7. The van der Waals surface area contributed by atoms with Crippen molar-refractivity contribution in [1.29, 1.82) is 0 Å². The van der Waals surface area contributed by atoms with Crippen molar-refractivity contribution in [2.45, 2.75) is 78.8 Å². The maximum Gasteiger partial charge on any atom is 0.330 e. The number of aliphatic hydroxyl groups excluding tert-OH is 1. The number of nitrogens with zero attached hydrogens (tertiary/aromatic N) is 8. The number of carboxylic acids is 1. The number of aldehydes is 2. The molecule has 0 radical (unpaired) electrons. The minimum absolute atomic E-state index is 0.0105. The molecule has 0 saturated heterocycles. The number of nitrogens with one attached hydrogen (secondary N) is 1. The molecule has 0 saturated carbocycles. The quantitative estimate of drug-likeness (QED) is 0.00980. The van der Waals surface area contributed by atoms with Gasteiger partial charge in [-0.25, -0.2) is 14.6 Å². The van der Waals surface area contributed by atoms with Crippen molar-refractivity contribution in [2.75, 3.05) is 21.3 Å². The lowest BCUT2D eigenvalue weighted by Gasteiger charge is -2.07. The van der Waals surface area contributed by atoms with Gasteiger partial charge < -0.3 is 51.8 Å². The molecule has 13 aromatic rings. The third-order valence-electron chi connectivity index (χ3n) is 17.3. The standard InChI is InChI=1S/C19H18N4O4.C17H19NO3.C17H17NO3.C15H15NO2.2C12H11NO/c24-16(9-17(25)19-20-12-21-22-19)15-8-14(6-7-18(26)27)11-23(15)10-13-4-2-1-3-5-13;2*1-13(19)16-10-15(8-9-17(20)21-2)12-18(16)11-14-6-4-3-5-7-14;1-18-15(17)8-7-14-9-10-16(12-14)11-13-5-3-2-4-6-13;14-10-12-7-4-8-13(12)9-11-5-2-1-3-6-11;14-10-12-6-7-13(9-12)8-11-4-2-1-3-5-11/h1-5,8-9,11-12,25H,6-7,10H2,(H,26,27)(H,20,21,22);3-7,10,12H,8-9,11H2,1-2H3;3-10,12H,11H2,1-2H3;2-10,12H,11H2,1H3;1-8,10H,9H2;1-7,9-10H,8H2/b17-9-;;9-8+;8-7+;;. The number of rotatable bonds is 29. The van der Waals surface area contributed by atoms with Gasteiger partial charge in [0, 0.05) is 139 Å². The van der Waals surface area contributed by atoms with Crippen molar-refractivity contribution in [3.8, 4) is 0 Å². The van der Waals surface area contributed by atoms with Crippen LogP contribution in [0.2, 0.25) is 0 Å². The summed E-state index contributed by atoms with van der Waals surface area (Å²) in [5.74, 6) is -2.54. The van der Waals surface area contributed by atoms with Crippen molar-refractivity contribution in [1.82, 2.24) is 42.6 Å². The van der Waals surface area contributed by atoms with Crippen LogP contribution in [0.3, 0.4) is 0 Å². The SMILES string of the molecule is COC(=O)/C=C/c1cc(C(C)=O)n(Cc2ccccc2)c1.COC(=O)/C=C/c1ccn(Cc2ccccc2)c1.COC(=O)CCc1cc(C(C)=O)n(Cc2ccccc2)c1.O=C(O)CCc1cc(C(=O)/C=C(\O)c2ncn[nH]2)n(Cc2ccccc2)c1.O=Cc1cccn1Cc1ccccc1.O=Cc1ccn(Cc2ccccc2)c1. The van der Waals surface area contributed by atoms with Gasteiger partial charge in [-0.2, -0.15) is 5.10 Å². The van der Waals surface area contributed by atoms with Crippen LogP contribution in [0.25, 0.3) is 17.9 Å². The molecule has 7 aromatic heterocycles. The van der Waals surface area contributed by atoms with E-state index in [-0.39, 0.29) is 41.5 Å². The van der Waals surface area contributed by atoms with Crippen LogP contribution in [0, 0.1) is 0 Å². The second kappa shape index (κ2) is 46.1. The number of carboxylic acid groups (broad SMARTS) is 1. The molecule has 23 heteroatoms. The summed E-state index contributed by atoms with van der Waals surface area (Å²) in [4.78, 5) is 105. The van der Waals surface area contributed by atoms with Gasteiger partial charge >= 0.3 is 23.9 Å². The minimum atomic E-state index is -0.901. The molecule has 0 unspecified atom stereocenters. The van der Waals surface area contributed by atoms with E-state index >= 15 is 0 Å². The van der Waals surface area contributed by atoms with Gasteiger partial charge in [0.15, 0.2) is 35.7 Å². The topological polar surface area (TPSA) is 293 Å². The van der Waals surface area contributed by atoms with Crippen molar-refractivity contribution < 1.29 is 67.6 Å². The summed E-state index contributed by atoms with van der Waals surface area (Å²) in [6.45, 7) is 7.19. The monoisotopic (exact) mass is 1550 g/mol. The Morgan fingerprint density at radius 2 is 0.817 bits per heavy atom. The molecule has 13 rings (SSSR count). The van der Waals surface area contributed by atoms with Crippen LogP contribution in [0.5, 0.6) is 0 Å². The Balaban J connectivity index is 0.000000175. The maximum atomic E-state index is 12.7. The van der Waals surface area contributed by atoms with Gasteiger partial charge in [-0.1, -0.05) is 182 Å². The van der Waals surface area contributed by atoms with E-state index in [1.165, 1.54) is 63.4 Å². The van der Waals surface area contributed by atoms with E-state index in [2.05, 4.69) is 70.4 Å². The molecular formula is C92H91N9O14. The Labute approximate surface area is 667 Å². The summed E-state index contributed by atoms with van der Waals surface area (Å²) < 4.78 is 25.3. The summed E-state index contributed by atoms with van der Waals surface area (Å²) in [5.41, 5.74) is 13.5. The van der Waals surface area contributed by atoms with E-state index in [1.807, 2.05) is 238 Å². The second-order valence-electron chi connectivity index (χ2n) is 26.0. The van der Waals surface area contributed by atoms with E-state index in [4.69, 9.17) is 5.11 Å². The van der Waals surface area contributed by atoms with E-state index < -0.39 is 17.7 Å². The lowest BCUT2D eigenvalue weighted by Crippen LogP contribution is -2.08. The zero-order valence-electron chi connectivity index (χ0n) is 64.5. The molecule has 0 bridgehead atoms. The van der Waals surface area contributed by atoms with Gasteiger partial charge in [0.25, 0.3) is 0 Å². The fraction of sp³-hybridized carbons (Fsp3) is 0.163. The number of methoxy groups -OCH3 is 3. The molecular weight excluding hydrogens is 1460 g/mol. The van der Waals surface area contributed by atoms with Gasteiger partial charge in [-0.15, -0.1) is 0 Å². The molecule has 0 aliphatic carbocycles. The van der Waals surface area contributed by atoms with Crippen LogP contribution >= 0.6 is 0 Å². The predicted octanol–water partition coefficient (Wildman–Crippen LogP) is 15.6. The molecule has 0 fully saturated rings. The number of esters is 3. The van der Waals surface area contributed by atoms with Crippen LogP contribution in [-0.4, -0.2) is 128 Å². The number of aliphatic carboxylic acids is 1. The lowest BCUT2D eigenvalue weighted by molar-refractivity contribution is -0.140. The molecule has 0 aliphatic rings. The predicted molar refractivity (Wildman–Crippen MR) is 440 cm³/mol. The average molecular weight is 1550 g/mol. The van der Waals surface area contributed by atoms with Crippen LogP contribution in [0.4, 0.5) is 0 Å². The summed E-state index contributed by atoms with van der Waals surface area (Å²) in [6, 6.07) is 72.7. The molecule has 7 heterocycles. The van der Waals surface area contributed by atoms with Crippen LogP contribution in [0.1, 0.15) is 140 Å². The van der Waals surface area contributed by atoms with Crippen molar-refractivity contribution in [3.05, 3.63) is 388 Å². The van der Waals surface area contributed by atoms with E-state index in [1.54, 1.807) is 42.0 Å². The number of ether oxygens (including phenoxy) is 3. The highest BCUT2D eigenvalue weighted by Gasteiger charge is 2.17. The van der Waals surface area contributed by atoms with E-state index in [0.717, 1.165) is 82.8 Å². The fourth-order valence-corrected chi connectivity index (χ4v) is 11.6. The number of aryl methyl sites for hydroxylation is 2. The number of benzene rings is 6. The number of aliphatic hydroxyl groups is 1.